The molecule has 0 atom stereocenters. The van der Waals surface area contributed by atoms with Crippen LogP contribution < -0.4 is 10.5 Å². The standard InChI is InChI=1S/C21H22N6O3/c28-19(13-27-14-23-17-4-2-1-3-16(17)20(27)29)26-6-5-15-11-22-21(24-18(15)12-26)25-7-9-30-10-8-25/h1-4,11,14H,5-10,12-13H2. The molecule has 3 aromatic rings. The lowest BCUT2D eigenvalue weighted by Gasteiger charge is -2.30. The molecular formula is C21H22N6O3. The number of morpholine rings is 1. The van der Waals surface area contributed by atoms with Crippen LogP contribution in [0, 0.1) is 0 Å². The molecule has 9 nitrogen and oxygen atoms in total. The molecule has 2 aliphatic rings. The molecule has 2 aliphatic heterocycles. The lowest BCUT2D eigenvalue weighted by atomic mass is 10.1. The predicted octanol–water partition coefficient (Wildman–Crippen LogP) is 0.608. The zero-order chi connectivity index (χ0) is 20.5. The van der Waals surface area contributed by atoms with Gasteiger partial charge in [-0.15, -0.1) is 0 Å². The first-order chi connectivity index (χ1) is 14.7. The molecule has 0 radical (unpaired) electrons. The molecule has 4 heterocycles. The number of anilines is 1. The number of amides is 1. The smallest absolute Gasteiger partial charge is 0.261 e. The number of hydrogen-bond acceptors (Lipinski definition) is 7. The second-order valence-electron chi connectivity index (χ2n) is 7.50. The lowest BCUT2D eigenvalue weighted by molar-refractivity contribution is -0.132. The van der Waals surface area contributed by atoms with Crippen molar-refractivity contribution in [1.29, 1.82) is 0 Å². The quantitative estimate of drug-likeness (QED) is 0.629. The first kappa shape index (κ1) is 18.7. The van der Waals surface area contributed by atoms with Crippen LogP contribution in [0.1, 0.15) is 11.3 Å². The number of fused-ring (bicyclic) bond motifs is 2. The van der Waals surface area contributed by atoms with Crippen LogP contribution in [0.25, 0.3) is 10.9 Å². The van der Waals surface area contributed by atoms with Crippen molar-refractivity contribution in [3.05, 3.63) is 58.4 Å². The molecule has 9 heteroatoms. The summed E-state index contributed by atoms with van der Waals surface area (Å²) in [6.45, 7) is 3.83. The van der Waals surface area contributed by atoms with Gasteiger partial charge in [-0.3, -0.25) is 14.2 Å². The van der Waals surface area contributed by atoms with Gasteiger partial charge in [0.15, 0.2) is 0 Å². The normalized spacial score (nSPS) is 16.5. The van der Waals surface area contributed by atoms with E-state index < -0.39 is 0 Å². The molecule has 1 aromatic carbocycles. The van der Waals surface area contributed by atoms with Crippen molar-refractivity contribution >= 4 is 22.8 Å². The molecule has 1 amide bonds. The van der Waals surface area contributed by atoms with Crippen molar-refractivity contribution in [2.45, 2.75) is 19.5 Å². The number of carbonyl (C=O) groups excluding carboxylic acids is 1. The molecule has 2 aromatic heterocycles. The van der Waals surface area contributed by atoms with E-state index in [0.29, 0.717) is 49.6 Å². The van der Waals surface area contributed by atoms with Crippen LogP contribution in [0.3, 0.4) is 0 Å². The summed E-state index contributed by atoms with van der Waals surface area (Å²) >= 11 is 0. The molecule has 0 bridgehead atoms. The summed E-state index contributed by atoms with van der Waals surface area (Å²) < 4.78 is 6.77. The monoisotopic (exact) mass is 406 g/mol. The highest BCUT2D eigenvalue weighted by Crippen LogP contribution is 2.20. The summed E-state index contributed by atoms with van der Waals surface area (Å²) in [6.07, 6.45) is 4.02. The molecule has 1 fully saturated rings. The van der Waals surface area contributed by atoms with Crippen molar-refractivity contribution in [3.8, 4) is 0 Å². The van der Waals surface area contributed by atoms with Crippen LogP contribution in [0.4, 0.5) is 5.95 Å². The Labute approximate surface area is 172 Å². The Bertz CT molecular complexity index is 1150. The van der Waals surface area contributed by atoms with E-state index in [0.717, 1.165) is 24.3 Å². The zero-order valence-electron chi connectivity index (χ0n) is 16.5. The zero-order valence-corrected chi connectivity index (χ0v) is 16.5. The number of carbonyl (C=O) groups is 1. The fourth-order valence-corrected chi connectivity index (χ4v) is 3.89. The number of hydrogen-bond donors (Lipinski definition) is 0. The highest BCUT2D eigenvalue weighted by Gasteiger charge is 2.24. The minimum Gasteiger partial charge on any atom is -0.378 e. The molecule has 154 valence electrons. The first-order valence-electron chi connectivity index (χ1n) is 10.1. The fraction of sp³-hybridized carbons (Fsp3) is 0.381. The molecule has 0 aliphatic carbocycles. The second-order valence-corrected chi connectivity index (χ2v) is 7.50. The van der Waals surface area contributed by atoms with Crippen molar-refractivity contribution < 1.29 is 9.53 Å². The number of ether oxygens (including phenoxy) is 1. The third-order valence-corrected chi connectivity index (χ3v) is 5.62. The van der Waals surface area contributed by atoms with E-state index in [4.69, 9.17) is 9.72 Å². The van der Waals surface area contributed by atoms with Gasteiger partial charge in [0.2, 0.25) is 11.9 Å². The molecule has 5 rings (SSSR count). The van der Waals surface area contributed by atoms with E-state index in [-0.39, 0.29) is 18.0 Å². The first-order valence-corrected chi connectivity index (χ1v) is 10.1. The summed E-state index contributed by atoms with van der Waals surface area (Å²) in [5.41, 5.74) is 2.37. The van der Waals surface area contributed by atoms with E-state index in [2.05, 4.69) is 14.9 Å². The number of rotatable bonds is 3. The predicted molar refractivity (Wildman–Crippen MR) is 110 cm³/mol. The maximum atomic E-state index is 12.9. The topological polar surface area (TPSA) is 93.5 Å². The highest BCUT2D eigenvalue weighted by atomic mass is 16.5. The average molecular weight is 406 g/mol. The summed E-state index contributed by atoms with van der Waals surface area (Å²) in [5.74, 6) is 0.563. The van der Waals surface area contributed by atoms with Gasteiger partial charge < -0.3 is 14.5 Å². The summed E-state index contributed by atoms with van der Waals surface area (Å²) in [7, 11) is 0. The van der Waals surface area contributed by atoms with E-state index >= 15 is 0 Å². The van der Waals surface area contributed by atoms with Gasteiger partial charge in [-0.05, 0) is 24.1 Å². The van der Waals surface area contributed by atoms with Crippen molar-refractivity contribution in [2.75, 3.05) is 37.7 Å². The summed E-state index contributed by atoms with van der Waals surface area (Å²) in [4.78, 5) is 43.0. The maximum Gasteiger partial charge on any atom is 0.261 e. The van der Waals surface area contributed by atoms with Gasteiger partial charge in [0.05, 0.1) is 42.7 Å². The van der Waals surface area contributed by atoms with Gasteiger partial charge in [-0.2, -0.15) is 0 Å². The Morgan fingerprint density at radius 1 is 1.10 bits per heavy atom. The van der Waals surface area contributed by atoms with E-state index in [1.165, 1.54) is 10.9 Å². The van der Waals surface area contributed by atoms with Gasteiger partial charge >= 0.3 is 0 Å². The molecule has 0 unspecified atom stereocenters. The summed E-state index contributed by atoms with van der Waals surface area (Å²) in [6, 6.07) is 7.15. The third-order valence-electron chi connectivity index (χ3n) is 5.62. The van der Waals surface area contributed by atoms with Gasteiger partial charge in [0.25, 0.3) is 5.56 Å². The average Bonchev–Trinajstić information content (AvgIpc) is 2.81. The van der Waals surface area contributed by atoms with Gasteiger partial charge in [0, 0.05) is 25.8 Å². The molecule has 30 heavy (non-hydrogen) atoms. The van der Waals surface area contributed by atoms with Crippen LogP contribution in [-0.2, 0) is 29.0 Å². The van der Waals surface area contributed by atoms with E-state index in [1.807, 2.05) is 12.3 Å². The number of benzene rings is 1. The Balaban J connectivity index is 1.33. The Hall–Kier alpha value is -3.33. The number of aromatic nitrogens is 4. The third kappa shape index (κ3) is 3.52. The Kier molecular flexibility index (Phi) is 4.88. The minimum absolute atomic E-state index is 0.0343. The van der Waals surface area contributed by atoms with E-state index in [1.54, 1.807) is 23.1 Å². The van der Waals surface area contributed by atoms with Gasteiger partial charge in [0.1, 0.15) is 6.54 Å². The molecule has 1 saturated heterocycles. The van der Waals surface area contributed by atoms with Gasteiger partial charge in [-0.1, -0.05) is 12.1 Å². The largest absolute Gasteiger partial charge is 0.378 e. The van der Waals surface area contributed by atoms with Crippen LogP contribution in [0.5, 0.6) is 0 Å². The SMILES string of the molecule is O=C(Cn1cnc2ccccc2c1=O)N1CCc2cnc(N3CCOCC3)nc2C1. The van der Waals surface area contributed by atoms with Crippen LogP contribution in [-0.4, -0.2) is 63.2 Å². The van der Waals surface area contributed by atoms with Crippen molar-refractivity contribution in [2.24, 2.45) is 0 Å². The molecule has 0 saturated carbocycles. The van der Waals surface area contributed by atoms with Gasteiger partial charge in [-0.25, -0.2) is 15.0 Å². The molecule has 0 spiro atoms. The van der Waals surface area contributed by atoms with Crippen molar-refractivity contribution in [3.63, 3.8) is 0 Å². The minimum atomic E-state index is -0.205. The maximum absolute atomic E-state index is 12.9. The van der Waals surface area contributed by atoms with Crippen LogP contribution >= 0.6 is 0 Å². The summed E-state index contributed by atoms with van der Waals surface area (Å²) in [5, 5.41) is 0.514. The Morgan fingerprint density at radius 2 is 1.93 bits per heavy atom. The molecule has 0 N–H and O–H groups in total. The molecular weight excluding hydrogens is 384 g/mol. The van der Waals surface area contributed by atoms with E-state index in [9.17, 15) is 9.59 Å². The van der Waals surface area contributed by atoms with Crippen LogP contribution in [0.2, 0.25) is 0 Å². The second kappa shape index (κ2) is 7.83. The van der Waals surface area contributed by atoms with Crippen LogP contribution in [0.15, 0.2) is 41.6 Å². The number of nitrogens with zero attached hydrogens (tertiary/aromatic N) is 6. The van der Waals surface area contributed by atoms with Crippen molar-refractivity contribution in [1.82, 2.24) is 24.4 Å². The number of para-hydroxylation sites is 1. The Morgan fingerprint density at radius 3 is 2.80 bits per heavy atom. The lowest BCUT2D eigenvalue weighted by Crippen LogP contribution is -2.41. The highest BCUT2D eigenvalue weighted by molar-refractivity contribution is 5.79. The fourth-order valence-electron chi connectivity index (χ4n) is 3.89.